The van der Waals surface area contributed by atoms with Crippen LogP contribution in [0.15, 0.2) is 0 Å². The van der Waals surface area contributed by atoms with Crippen molar-refractivity contribution < 1.29 is 14.3 Å². The molecule has 0 saturated carbocycles. The molecule has 1 saturated heterocycles. The Hall–Kier alpha value is -0.770. The molecule has 1 aliphatic rings. The minimum absolute atomic E-state index is 0.136. The molecule has 1 rings (SSSR count). The summed E-state index contributed by atoms with van der Waals surface area (Å²) in [5, 5.41) is 0. The topological polar surface area (TPSA) is 38.8 Å². The molecule has 1 heterocycles. The van der Waals surface area contributed by atoms with E-state index in [-0.39, 0.29) is 12.3 Å². The molecule has 0 spiro atoms. The third kappa shape index (κ3) is 4.19. The van der Waals surface area contributed by atoms with Crippen LogP contribution in [0.2, 0.25) is 0 Å². The molecule has 2 unspecified atom stereocenters. The zero-order valence-corrected chi connectivity index (χ0v) is 11.7. The highest BCUT2D eigenvalue weighted by atomic mass is 16.6. The van der Waals surface area contributed by atoms with E-state index in [1.54, 1.807) is 12.0 Å². The van der Waals surface area contributed by atoms with Crippen LogP contribution in [-0.2, 0) is 9.47 Å². The largest absolute Gasteiger partial charge is 0.444 e. The lowest BCUT2D eigenvalue weighted by atomic mass is 9.93. The molecule has 0 N–H and O–H groups in total. The molecule has 0 aromatic carbocycles. The monoisotopic (exact) mass is 243 g/mol. The van der Waals surface area contributed by atoms with Crippen molar-refractivity contribution in [2.75, 3.05) is 13.7 Å². The Morgan fingerprint density at radius 1 is 1.41 bits per heavy atom. The summed E-state index contributed by atoms with van der Waals surface area (Å²) in [5.41, 5.74) is -0.447. The summed E-state index contributed by atoms with van der Waals surface area (Å²) in [6.07, 6.45) is 2.69. The van der Waals surface area contributed by atoms with Crippen molar-refractivity contribution in [3.05, 3.63) is 0 Å². The number of ether oxygens (including phenoxy) is 2. The van der Waals surface area contributed by atoms with E-state index in [4.69, 9.17) is 9.47 Å². The zero-order valence-electron chi connectivity index (χ0n) is 11.7. The van der Waals surface area contributed by atoms with Crippen molar-refractivity contribution in [3.63, 3.8) is 0 Å². The second-order valence-electron chi connectivity index (χ2n) is 5.66. The Morgan fingerprint density at radius 3 is 2.53 bits per heavy atom. The molecule has 17 heavy (non-hydrogen) atoms. The maximum absolute atomic E-state index is 12.0. The Kier molecular flexibility index (Phi) is 4.80. The van der Waals surface area contributed by atoms with E-state index in [1.165, 1.54) is 0 Å². The predicted molar refractivity (Wildman–Crippen MR) is 66.8 cm³/mol. The maximum Gasteiger partial charge on any atom is 0.412 e. The van der Waals surface area contributed by atoms with Gasteiger partial charge in [0.25, 0.3) is 0 Å². The molecule has 4 heteroatoms. The van der Waals surface area contributed by atoms with Gasteiger partial charge in [-0.1, -0.05) is 13.3 Å². The van der Waals surface area contributed by atoms with Gasteiger partial charge >= 0.3 is 6.09 Å². The Bertz CT molecular complexity index is 260. The summed E-state index contributed by atoms with van der Waals surface area (Å²) in [6, 6.07) is 0. The summed E-state index contributed by atoms with van der Waals surface area (Å²) in [4.78, 5) is 13.7. The molecule has 1 amide bonds. The quantitative estimate of drug-likeness (QED) is 0.748. The molecule has 1 aliphatic heterocycles. The van der Waals surface area contributed by atoms with Crippen LogP contribution in [0.4, 0.5) is 4.79 Å². The van der Waals surface area contributed by atoms with E-state index >= 15 is 0 Å². The number of carbonyl (C=O) groups is 1. The van der Waals surface area contributed by atoms with E-state index in [9.17, 15) is 4.79 Å². The number of carbonyl (C=O) groups excluding carboxylic acids is 1. The summed E-state index contributed by atoms with van der Waals surface area (Å²) in [5.74, 6) is 0.652. The maximum atomic E-state index is 12.0. The smallest absolute Gasteiger partial charge is 0.412 e. The van der Waals surface area contributed by atoms with Crippen molar-refractivity contribution >= 4 is 6.09 Å². The number of likely N-dealkylation sites (tertiary alicyclic amines) is 1. The molecule has 0 bridgehead atoms. The van der Waals surface area contributed by atoms with Crippen molar-refractivity contribution in [2.24, 2.45) is 5.92 Å². The molecule has 0 radical (unpaired) electrons. The number of hydrogen-bond donors (Lipinski definition) is 0. The van der Waals surface area contributed by atoms with Crippen LogP contribution in [0.5, 0.6) is 0 Å². The summed E-state index contributed by atoms with van der Waals surface area (Å²) in [6.45, 7) is 8.55. The van der Waals surface area contributed by atoms with Gasteiger partial charge in [0.1, 0.15) is 11.8 Å². The molecule has 0 aliphatic carbocycles. The molecular formula is C13H25NO3. The molecule has 0 aromatic rings. The van der Waals surface area contributed by atoms with Crippen LogP contribution < -0.4 is 0 Å². The second kappa shape index (κ2) is 5.71. The lowest BCUT2D eigenvalue weighted by Crippen LogP contribution is -2.48. The molecule has 100 valence electrons. The van der Waals surface area contributed by atoms with Gasteiger partial charge < -0.3 is 9.47 Å². The SMILES string of the molecule is CCC1CCN(C(=O)OC(C)(C)C)C(OC)C1. The first-order valence-corrected chi connectivity index (χ1v) is 6.39. The third-order valence-corrected chi connectivity index (χ3v) is 3.14. The number of amides is 1. The van der Waals surface area contributed by atoms with E-state index in [0.717, 1.165) is 25.8 Å². The predicted octanol–water partition coefficient (Wildman–Crippen LogP) is 3.02. The van der Waals surface area contributed by atoms with E-state index < -0.39 is 5.60 Å². The van der Waals surface area contributed by atoms with Gasteiger partial charge in [-0.15, -0.1) is 0 Å². The van der Waals surface area contributed by atoms with Crippen LogP contribution in [0.1, 0.15) is 47.0 Å². The number of hydrogen-bond acceptors (Lipinski definition) is 3. The van der Waals surface area contributed by atoms with Crippen molar-refractivity contribution in [1.29, 1.82) is 0 Å². The summed E-state index contributed by atoms with van der Waals surface area (Å²) in [7, 11) is 1.65. The Labute approximate surface area is 104 Å². The van der Waals surface area contributed by atoms with E-state index in [2.05, 4.69) is 6.92 Å². The van der Waals surface area contributed by atoms with Crippen molar-refractivity contribution in [2.45, 2.75) is 58.8 Å². The Morgan fingerprint density at radius 2 is 2.06 bits per heavy atom. The molecule has 2 atom stereocenters. The fraction of sp³-hybridized carbons (Fsp3) is 0.923. The lowest BCUT2D eigenvalue weighted by molar-refractivity contribution is -0.0766. The standard InChI is InChI=1S/C13H25NO3/c1-6-10-7-8-14(11(9-10)16-5)12(15)17-13(2,3)4/h10-11H,6-9H2,1-5H3. The average Bonchev–Trinajstić information content (AvgIpc) is 2.25. The second-order valence-corrected chi connectivity index (χ2v) is 5.66. The third-order valence-electron chi connectivity index (χ3n) is 3.14. The number of piperidine rings is 1. The molecular weight excluding hydrogens is 218 g/mol. The molecule has 0 aromatic heterocycles. The number of nitrogens with zero attached hydrogens (tertiary/aromatic N) is 1. The minimum Gasteiger partial charge on any atom is -0.444 e. The zero-order chi connectivity index (χ0) is 13.1. The van der Waals surface area contributed by atoms with Crippen LogP contribution >= 0.6 is 0 Å². The highest BCUT2D eigenvalue weighted by Gasteiger charge is 2.33. The van der Waals surface area contributed by atoms with Gasteiger partial charge in [0, 0.05) is 13.7 Å². The van der Waals surface area contributed by atoms with Gasteiger partial charge in [-0.05, 0) is 39.5 Å². The van der Waals surface area contributed by atoms with Gasteiger partial charge in [0.2, 0.25) is 0 Å². The van der Waals surface area contributed by atoms with E-state index in [0.29, 0.717) is 5.92 Å². The number of methoxy groups -OCH3 is 1. The molecule has 4 nitrogen and oxygen atoms in total. The average molecular weight is 243 g/mol. The van der Waals surface area contributed by atoms with E-state index in [1.807, 2.05) is 20.8 Å². The molecule has 1 fully saturated rings. The highest BCUT2D eigenvalue weighted by molar-refractivity contribution is 5.68. The van der Waals surface area contributed by atoms with Crippen molar-refractivity contribution in [1.82, 2.24) is 4.90 Å². The van der Waals surface area contributed by atoms with Crippen LogP contribution in [0, 0.1) is 5.92 Å². The first kappa shape index (κ1) is 14.3. The summed E-state index contributed by atoms with van der Waals surface area (Å²) < 4.78 is 10.8. The first-order chi connectivity index (χ1) is 7.87. The van der Waals surface area contributed by atoms with Crippen LogP contribution in [0.3, 0.4) is 0 Å². The fourth-order valence-corrected chi connectivity index (χ4v) is 2.12. The van der Waals surface area contributed by atoms with Crippen LogP contribution in [0.25, 0.3) is 0 Å². The highest BCUT2D eigenvalue weighted by Crippen LogP contribution is 2.27. The van der Waals surface area contributed by atoms with Gasteiger partial charge in [0.05, 0.1) is 0 Å². The number of rotatable bonds is 2. The van der Waals surface area contributed by atoms with Gasteiger partial charge in [0.15, 0.2) is 0 Å². The minimum atomic E-state index is -0.447. The fourth-order valence-electron chi connectivity index (χ4n) is 2.12. The van der Waals surface area contributed by atoms with Gasteiger partial charge in [-0.3, -0.25) is 4.90 Å². The lowest BCUT2D eigenvalue weighted by Gasteiger charge is -2.38. The van der Waals surface area contributed by atoms with Gasteiger partial charge in [-0.2, -0.15) is 0 Å². The normalized spacial score (nSPS) is 25.8. The van der Waals surface area contributed by atoms with Gasteiger partial charge in [-0.25, -0.2) is 4.79 Å². The van der Waals surface area contributed by atoms with Crippen molar-refractivity contribution in [3.8, 4) is 0 Å². The first-order valence-electron chi connectivity index (χ1n) is 6.39. The summed E-state index contributed by atoms with van der Waals surface area (Å²) >= 11 is 0. The van der Waals surface area contributed by atoms with Crippen LogP contribution in [-0.4, -0.2) is 36.5 Å². The Balaban J connectivity index is 2.60.